The van der Waals surface area contributed by atoms with Crippen molar-refractivity contribution < 1.29 is 19.1 Å². The topological polar surface area (TPSA) is 65.5 Å². The summed E-state index contributed by atoms with van der Waals surface area (Å²) in [4.78, 5) is 28.1. The van der Waals surface area contributed by atoms with Crippen molar-refractivity contribution in [3.63, 3.8) is 0 Å². The molecule has 0 N–H and O–H groups in total. The van der Waals surface area contributed by atoms with E-state index >= 15 is 0 Å². The number of carbonyl (C=O) groups excluding carboxylic acids is 2. The van der Waals surface area contributed by atoms with Gasteiger partial charge in [0.05, 0.1) is 13.2 Å². The molecule has 0 saturated carbocycles. The number of allylic oxidation sites excluding steroid dienone is 1. The summed E-state index contributed by atoms with van der Waals surface area (Å²) in [7, 11) is 0. The van der Waals surface area contributed by atoms with Crippen molar-refractivity contribution in [3.8, 4) is 0 Å². The van der Waals surface area contributed by atoms with Crippen molar-refractivity contribution >= 4 is 22.7 Å². The number of fused-ring (bicyclic) bond motifs is 1. The molecule has 1 heterocycles. The van der Waals surface area contributed by atoms with E-state index in [2.05, 4.69) is 4.98 Å². The lowest BCUT2D eigenvalue weighted by atomic mass is 10.1. The average Bonchev–Trinajstić information content (AvgIpc) is 2.55. The molecule has 5 heteroatoms. The lowest BCUT2D eigenvalue weighted by molar-refractivity contribution is -0.146. The maximum absolute atomic E-state index is 11.9. The maximum atomic E-state index is 11.9. The number of nitrogens with zero attached hydrogens (tertiary/aromatic N) is 1. The third-order valence-corrected chi connectivity index (χ3v) is 3.19. The minimum absolute atomic E-state index is 0.0938. The second kappa shape index (κ2) is 8.08. The number of aromatic nitrogens is 1. The quantitative estimate of drug-likeness (QED) is 0.355. The Balaban J connectivity index is 2.23. The summed E-state index contributed by atoms with van der Waals surface area (Å²) in [6, 6.07) is 9.79. The van der Waals surface area contributed by atoms with E-state index in [1.54, 1.807) is 20.0 Å². The van der Waals surface area contributed by atoms with Gasteiger partial charge >= 0.3 is 11.9 Å². The third-order valence-electron chi connectivity index (χ3n) is 3.19. The van der Waals surface area contributed by atoms with Gasteiger partial charge in [0.1, 0.15) is 5.57 Å². The van der Waals surface area contributed by atoms with Crippen LogP contribution in [0, 0.1) is 0 Å². The van der Waals surface area contributed by atoms with Crippen LogP contribution in [-0.4, -0.2) is 30.1 Å². The number of benzene rings is 1. The first-order valence-electron chi connectivity index (χ1n) is 7.53. The average molecular weight is 313 g/mol. The Morgan fingerprint density at radius 1 is 1.04 bits per heavy atom. The van der Waals surface area contributed by atoms with Crippen molar-refractivity contribution in [3.05, 3.63) is 53.9 Å². The first-order valence-corrected chi connectivity index (χ1v) is 7.53. The van der Waals surface area contributed by atoms with Gasteiger partial charge in [-0.15, -0.1) is 0 Å². The maximum Gasteiger partial charge on any atom is 0.345 e. The van der Waals surface area contributed by atoms with Crippen LogP contribution in [0.3, 0.4) is 0 Å². The molecule has 0 saturated heterocycles. The minimum atomic E-state index is -0.674. The molecular weight excluding hydrogens is 294 g/mol. The molecule has 0 aliphatic carbocycles. The summed E-state index contributed by atoms with van der Waals surface area (Å²) in [6.07, 6.45) is 3.62. The van der Waals surface area contributed by atoms with Gasteiger partial charge in [0.2, 0.25) is 0 Å². The van der Waals surface area contributed by atoms with Crippen LogP contribution in [0.25, 0.3) is 10.8 Å². The Hall–Kier alpha value is -2.69. The van der Waals surface area contributed by atoms with Crippen LogP contribution in [0.5, 0.6) is 0 Å². The SMILES string of the molecule is CCOC(=O)C(=CCc1cc2ccccc2cn1)C(=O)OCC. The molecule has 0 radical (unpaired) electrons. The summed E-state index contributed by atoms with van der Waals surface area (Å²) >= 11 is 0. The van der Waals surface area contributed by atoms with E-state index in [-0.39, 0.29) is 18.8 Å². The number of ether oxygens (including phenoxy) is 2. The summed E-state index contributed by atoms with van der Waals surface area (Å²) in [5, 5.41) is 2.09. The molecule has 0 atom stereocenters. The van der Waals surface area contributed by atoms with E-state index in [0.717, 1.165) is 16.5 Å². The van der Waals surface area contributed by atoms with Crippen molar-refractivity contribution in [1.29, 1.82) is 0 Å². The van der Waals surface area contributed by atoms with Crippen LogP contribution in [-0.2, 0) is 25.5 Å². The van der Waals surface area contributed by atoms with Crippen molar-refractivity contribution in [2.75, 3.05) is 13.2 Å². The third kappa shape index (κ3) is 4.39. The van der Waals surface area contributed by atoms with Crippen molar-refractivity contribution in [1.82, 2.24) is 4.98 Å². The zero-order chi connectivity index (χ0) is 16.7. The molecule has 1 aromatic heterocycles. The fraction of sp³-hybridized carbons (Fsp3) is 0.278. The van der Waals surface area contributed by atoms with Gasteiger partial charge in [-0.25, -0.2) is 9.59 Å². The molecule has 0 unspecified atom stereocenters. The Bertz CT molecular complexity index is 717. The second-order valence-electron chi connectivity index (χ2n) is 4.79. The lowest BCUT2D eigenvalue weighted by Gasteiger charge is -2.06. The van der Waals surface area contributed by atoms with Crippen molar-refractivity contribution in [2.24, 2.45) is 0 Å². The molecule has 0 aliphatic heterocycles. The highest BCUT2D eigenvalue weighted by molar-refractivity contribution is 6.14. The highest BCUT2D eigenvalue weighted by atomic mass is 16.6. The van der Waals surface area contributed by atoms with Crippen LogP contribution in [0.2, 0.25) is 0 Å². The molecule has 23 heavy (non-hydrogen) atoms. The molecule has 0 bridgehead atoms. The molecule has 1 aromatic carbocycles. The first kappa shape index (κ1) is 16.7. The van der Waals surface area contributed by atoms with Crippen LogP contribution >= 0.6 is 0 Å². The van der Waals surface area contributed by atoms with Gasteiger partial charge in [0.25, 0.3) is 0 Å². The summed E-state index contributed by atoms with van der Waals surface area (Å²) in [6.45, 7) is 3.77. The number of hydrogen-bond acceptors (Lipinski definition) is 5. The fourth-order valence-corrected chi connectivity index (χ4v) is 2.12. The normalized spacial score (nSPS) is 10.2. The monoisotopic (exact) mass is 313 g/mol. The number of pyridine rings is 1. The Morgan fingerprint density at radius 2 is 1.65 bits per heavy atom. The van der Waals surface area contributed by atoms with Crippen LogP contribution < -0.4 is 0 Å². The van der Waals surface area contributed by atoms with E-state index in [1.807, 2.05) is 30.3 Å². The smallest absolute Gasteiger partial charge is 0.345 e. The van der Waals surface area contributed by atoms with Crippen LogP contribution in [0.4, 0.5) is 0 Å². The zero-order valence-corrected chi connectivity index (χ0v) is 13.2. The van der Waals surface area contributed by atoms with Gasteiger partial charge < -0.3 is 9.47 Å². The number of esters is 2. The number of rotatable bonds is 6. The molecule has 2 rings (SSSR count). The van der Waals surface area contributed by atoms with E-state index in [4.69, 9.17) is 9.47 Å². The highest BCUT2D eigenvalue weighted by Crippen LogP contribution is 2.14. The largest absolute Gasteiger partial charge is 0.462 e. The minimum Gasteiger partial charge on any atom is -0.462 e. The second-order valence-corrected chi connectivity index (χ2v) is 4.79. The molecule has 2 aromatic rings. The van der Waals surface area contributed by atoms with E-state index in [9.17, 15) is 9.59 Å². The van der Waals surface area contributed by atoms with Gasteiger partial charge in [0.15, 0.2) is 0 Å². The fourth-order valence-electron chi connectivity index (χ4n) is 2.12. The standard InChI is InChI=1S/C18H19NO4/c1-3-22-17(20)16(18(21)23-4-2)10-9-15-11-13-7-5-6-8-14(13)12-19-15/h5-8,10-12H,3-4,9H2,1-2H3. The molecular formula is C18H19NO4. The van der Waals surface area contributed by atoms with Crippen LogP contribution in [0.15, 0.2) is 48.2 Å². The van der Waals surface area contributed by atoms with E-state index in [1.165, 1.54) is 6.08 Å². The Kier molecular flexibility index (Phi) is 5.86. The number of hydrogen-bond donors (Lipinski definition) is 0. The van der Waals surface area contributed by atoms with Crippen LogP contribution in [0.1, 0.15) is 19.5 Å². The zero-order valence-electron chi connectivity index (χ0n) is 13.2. The molecule has 0 fully saturated rings. The summed E-state index contributed by atoms with van der Waals surface area (Å²) < 4.78 is 9.80. The summed E-state index contributed by atoms with van der Waals surface area (Å²) in [5.74, 6) is -1.35. The number of carbonyl (C=O) groups is 2. The molecule has 120 valence electrons. The van der Waals surface area contributed by atoms with Gasteiger partial charge in [-0.1, -0.05) is 30.3 Å². The molecule has 0 aliphatic rings. The first-order chi connectivity index (χ1) is 11.2. The van der Waals surface area contributed by atoms with Gasteiger partial charge in [-0.3, -0.25) is 4.98 Å². The predicted octanol–water partition coefficient (Wildman–Crippen LogP) is 2.83. The van der Waals surface area contributed by atoms with E-state index in [0.29, 0.717) is 6.42 Å². The molecule has 5 nitrogen and oxygen atoms in total. The molecule has 0 spiro atoms. The predicted molar refractivity (Wildman–Crippen MR) is 86.8 cm³/mol. The van der Waals surface area contributed by atoms with E-state index < -0.39 is 11.9 Å². The molecule has 0 amide bonds. The highest BCUT2D eigenvalue weighted by Gasteiger charge is 2.20. The van der Waals surface area contributed by atoms with Crippen molar-refractivity contribution in [2.45, 2.75) is 20.3 Å². The van der Waals surface area contributed by atoms with Gasteiger partial charge in [0, 0.05) is 23.7 Å². The van der Waals surface area contributed by atoms with Gasteiger partial charge in [-0.2, -0.15) is 0 Å². The van der Waals surface area contributed by atoms with Gasteiger partial charge in [-0.05, 0) is 25.3 Å². The lowest BCUT2D eigenvalue weighted by Crippen LogP contribution is -2.18. The Morgan fingerprint density at radius 3 is 2.26 bits per heavy atom. The Labute approximate surface area is 134 Å². The summed E-state index contributed by atoms with van der Waals surface area (Å²) in [5.41, 5.74) is 0.665.